The maximum atomic E-state index is 13.6. The van der Waals surface area contributed by atoms with E-state index in [2.05, 4.69) is 139 Å². The van der Waals surface area contributed by atoms with E-state index in [-0.39, 0.29) is 0 Å². The molecule has 5 aliphatic rings. The summed E-state index contributed by atoms with van der Waals surface area (Å²) in [5.41, 5.74) is 20.3. The predicted octanol–water partition coefficient (Wildman–Crippen LogP) is 13.8. The number of benzene rings is 4. The van der Waals surface area contributed by atoms with Gasteiger partial charge in [-0.25, -0.2) is 19.9 Å². The molecule has 5 fully saturated rings. The SMILES string of the molecule is CCc1cc(Nc2ncc(Cl)c(Nc3ccc(-c4csc(N)n4)cc3P(C)(C)=O)n2)c(OC)cc1N1CCC(N2CCN(C)CC2)CC1.CCc1cc(Nc2ncc(Cl)c(Nc3ccc(B4OC(C)(C)C(C)(C)O4)cc3P(C)(C)=O)n2)c(OC)cc1N1CCC(N2CCN(C)CC2)CC1.Nc1nc(Br)cs1. The number of piperidine rings is 2. The van der Waals surface area contributed by atoms with Crippen LogP contribution in [0.15, 0.2) is 88.4 Å². The van der Waals surface area contributed by atoms with Crippen molar-refractivity contribution in [3.8, 4) is 22.8 Å². The summed E-state index contributed by atoms with van der Waals surface area (Å²) in [4.78, 5) is 41.8. The Morgan fingerprint density at radius 1 is 0.575 bits per heavy atom. The molecule has 0 aliphatic carbocycles. The van der Waals surface area contributed by atoms with Gasteiger partial charge in [-0.2, -0.15) is 9.97 Å². The number of likely N-dealkylation sites (N-methyl/N-ethyl adjacent to an activating group) is 2. The molecule has 570 valence electrons. The van der Waals surface area contributed by atoms with Gasteiger partial charge in [0, 0.05) is 141 Å². The quantitative estimate of drug-likeness (QED) is 0.0306. The molecule has 9 heterocycles. The van der Waals surface area contributed by atoms with Gasteiger partial charge in [-0.05, 0) is 176 Å². The first-order valence-electron chi connectivity index (χ1n) is 36.1. The summed E-state index contributed by atoms with van der Waals surface area (Å²) in [7, 11) is 1.76. The molecule has 0 amide bonds. The molecule has 13 rings (SSSR count). The summed E-state index contributed by atoms with van der Waals surface area (Å²) in [5, 5.41) is 20.2. The van der Waals surface area contributed by atoms with Gasteiger partial charge in [0.1, 0.15) is 40.4 Å². The number of nitrogen functional groups attached to an aromatic ring is 2. The van der Waals surface area contributed by atoms with Crippen LogP contribution in [0.4, 0.5) is 67.9 Å². The van der Waals surface area contributed by atoms with Gasteiger partial charge in [-0.1, -0.05) is 49.2 Å². The van der Waals surface area contributed by atoms with E-state index in [1.54, 1.807) is 53.3 Å². The summed E-state index contributed by atoms with van der Waals surface area (Å²) in [6.45, 7) is 32.7. The van der Waals surface area contributed by atoms with Gasteiger partial charge in [-0.15, -0.1) is 22.7 Å². The monoisotopic (exact) mass is 1620 g/mol. The van der Waals surface area contributed by atoms with Crippen LogP contribution in [0, 0.1) is 0 Å². The van der Waals surface area contributed by atoms with Gasteiger partial charge in [0.05, 0.1) is 66.3 Å². The van der Waals surface area contributed by atoms with E-state index in [0.29, 0.717) is 77.9 Å². The highest BCUT2D eigenvalue weighted by molar-refractivity contribution is 9.10. The number of ether oxygens (including phenoxy) is 2. The predicted molar refractivity (Wildman–Crippen MR) is 447 cm³/mol. The molecule has 106 heavy (non-hydrogen) atoms. The summed E-state index contributed by atoms with van der Waals surface area (Å²) < 4.78 is 52.2. The highest BCUT2D eigenvalue weighted by atomic mass is 79.9. The van der Waals surface area contributed by atoms with Crippen molar-refractivity contribution in [2.45, 2.75) is 103 Å². The molecule has 4 aromatic heterocycles. The zero-order valence-electron chi connectivity index (χ0n) is 63.4. The smallest absolute Gasteiger partial charge is 0.494 e. The number of nitrogens with two attached hydrogens (primary N) is 2. The number of nitrogens with zero attached hydrogens (tertiary/aromatic N) is 12. The average molecular weight is 1630 g/mol. The van der Waals surface area contributed by atoms with E-state index >= 15 is 0 Å². The van der Waals surface area contributed by atoms with Crippen molar-refractivity contribution in [3.63, 3.8) is 0 Å². The van der Waals surface area contributed by atoms with E-state index in [4.69, 9.17) is 63.4 Å². The van der Waals surface area contributed by atoms with Crippen LogP contribution < -0.4 is 68.1 Å². The van der Waals surface area contributed by atoms with E-state index in [1.165, 1.54) is 58.0 Å². The maximum Gasteiger partial charge on any atom is 0.494 e. The number of hydrogen-bond acceptors (Lipinski definition) is 26. The van der Waals surface area contributed by atoms with Gasteiger partial charge in [-0.3, -0.25) is 9.80 Å². The van der Waals surface area contributed by atoms with Crippen molar-refractivity contribution in [1.82, 2.24) is 49.5 Å². The molecule has 5 aliphatic heterocycles. The van der Waals surface area contributed by atoms with Crippen LogP contribution in [0.3, 0.4) is 0 Å². The second-order valence-corrected chi connectivity index (χ2v) is 39.1. The molecule has 0 saturated carbocycles. The van der Waals surface area contributed by atoms with Crippen molar-refractivity contribution in [2.75, 3.05) is 176 Å². The number of aryl methyl sites for hydroxylation is 2. The fourth-order valence-electron chi connectivity index (χ4n) is 13.9. The maximum absolute atomic E-state index is 13.6. The van der Waals surface area contributed by atoms with Crippen LogP contribution in [0.5, 0.6) is 11.5 Å². The average Bonchev–Trinajstić information content (AvgIpc) is 1.60. The summed E-state index contributed by atoms with van der Waals surface area (Å²) in [6.07, 6.45) is 9.52. The highest BCUT2D eigenvalue weighted by Gasteiger charge is 2.52. The number of anilines is 12. The molecule has 32 heteroatoms. The lowest BCUT2D eigenvalue weighted by atomic mass is 9.79. The molecule has 5 saturated heterocycles. The molecular formula is C74H102BBrCl2N18O6P2S2. The number of thiazole rings is 2. The molecular weight excluding hydrogens is 1520 g/mol. The Hall–Kier alpha value is -6.36. The minimum Gasteiger partial charge on any atom is -0.494 e. The van der Waals surface area contributed by atoms with E-state index in [0.717, 1.165) is 148 Å². The molecule has 0 spiro atoms. The first-order chi connectivity index (χ1) is 50.4. The first-order valence-corrected chi connectivity index (χ1v) is 44.6. The zero-order valence-corrected chi connectivity index (χ0v) is 69.9. The van der Waals surface area contributed by atoms with Gasteiger partial charge in [0.15, 0.2) is 21.9 Å². The highest BCUT2D eigenvalue weighted by Crippen LogP contribution is 2.45. The van der Waals surface area contributed by atoms with E-state index < -0.39 is 32.6 Å². The van der Waals surface area contributed by atoms with Gasteiger partial charge < -0.3 is 80.2 Å². The van der Waals surface area contributed by atoms with Crippen LogP contribution in [0.2, 0.25) is 10.0 Å². The van der Waals surface area contributed by atoms with Crippen LogP contribution in [0.25, 0.3) is 11.3 Å². The number of methoxy groups -OCH3 is 2. The van der Waals surface area contributed by atoms with Crippen LogP contribution >= 0.6 is 76.1 Å². The second-order valence-electron chi connectivity index (χ2n) is 29.3. The Labute approximate surface area is 651 Å². The second kappa shape index (κ2) is 34.7. The Balaban J connectivity index is 0.000000194. The zero-order chi connectivity index (χ0) is 76.0. The van der Waals surface area contributed by atoms with Crippen molar-refractivity contribution in [3.05, 3.63) is 110 Å². The van der Waals surface area contributed by atoms with Crippen LogP contribution in [-0.2, 0) is 31.3 Å². The van der Waals surface area contributed by atoms with E-state index in [1.807, 2.05) is 74.9 Å². The Morgan fingerprint density at radius 3 is 1.38 bits per heavy atom. The van der Waals surface area contributed by atoms with Crippen molar-refractivity contribution in [2.24, 2.45) is 0 Å². The summed E-state index contributed by atoms with van der Waals surface area (Å²) >= 11 is 19.2. The molecule has 0 radical (unpaired) electrons. The van der Waals surface area contributed by atoms with Crippen LogP contribution in [-0.4, -0.2) is 213 Å². The lowest BCUT2D eigenvalue weighted by molar-refractivity contribution is 0.00578. The molecule has 8 aromatic rings. The number of hydrogen-bond donors (Lipinski definition) is 6. The first kappa shape index (κ1) is 80.7. The fourth-order valence-corrected chi connectivity index (χ4v) is 18.1. The third-order valence-electron chi connectivity index (χ3n) is 20.8. The third kappa shape index (κ3) is 19.8. The lowest BCUT2D eigenvalue weighted by Gasteiger charge is -2.43. The molecule has 4 aromatic carbocycles. The number of halogens is 3. The van der Waals surface area contributed by atoms with Gasteiger partial charge >= 0.3 is 7.12 Å². The Morgan fingerprint density at radius 2 is 1.00 bits per heavy atom. The van der Waals surface area contributed by atoms with Crippen molar-refractivity contribution >= 4 is 167 Å². The number of nitrogens with one attached hydrogen (secondary N) is 4. The Kier molecular flexibility index (Phi) is 26.4. The number of piperazine rings is 2. The van der Waals surface area contributed by atoms with Crippen molar-refractivity contribution < 1.29 is 27.9 Å². The van der Waals surface area contributed by atoms with Gasteiger partial charge in [0.2, 0.25) is 11.9 Å². The lowest BCUT2D eigenvalue weighted by Crippen LogP contribution is -2.52. The summed E-state index contributed by atoms with van der Waals surface area (Å²) in [6, 6.07) is 21.2. The largest absolute Gasteiger partial charge is 0.494 e. The van der Waals surface area contributed by atoms with E-state index in [9.17, 15) is 9.13 Å². The van der Waals surface area contributed by atoms with Gasteiger partial charge in [0.25, 0.3) is 0 Å². The standard InChI is InChI=1S/C37H54BClN7O4P.C34H45ClN9O2PS.C3H3BrN2S/c1-10-25-21-30(32(48-7)23-31(25)46-15-13-27(14-16-46)45-19-17-44(6)18-20-45)42-35-40-24-28(39)34(43-35)41-29-12-11-26(22-33(29)51(8,9)47)38-49-36(2,3)37(4,5)50-38;1-6-22-17-27(30(46-3)19-29(22)44-11-9-24(10-12-44)43-15-13-42(2)14-16-43)40-34-37-20-25(35)32(41-34)38-26-8-7-23(18-31(26)47(4,5)45)28-21-48-33(36)39-28;4-2-1-7-3(5)6-2/h11-12,21-24,27H,10,13-20H2,1-9H3,(H2,40,41,42,43);7-8,17-21,24H,6,9-16H2,1-5H3,(H2,36,39)(H2,37,38,40,41);1H,(H2,5,6). The minimum atomic E-state index is -2.76. The van der Waals surface area contributed by atoms with Crippen molar-refractivity contribution in [1.29, 1.82) is 0 Å². The molecule has 0 unspecified atom stereocenters. The Bertz CT molecular complexity index is 4430. The number of aromatic nitrogens is 6. The third-order valence-corrected chi connectivity index (χ3v) is 26.5. The van der Waals surface area contributed by atoms with Crippen LogP contribution in [0.1, 0.15) is 78.4 Å². The fraction of sp³-hybridized carbons (Fsp3) is 0.486. The number of rotatable bonds is 20. The minimum absolute atomic E-state index is 0.333. The summed E-state index contributed by atoms with van der Waals surface area (Å²) in [5.74, 6) is 2.93. The molecule has 24 nitrogen and oxygen atoms in total. The molecule has 0 bridgehead atoms. The normalized spacial score (nSPS) is 17.8. The molecule has 8 N–H and O–H groups in total. The topological polar surface area (TPSA) is 268 Å². The molecule has 0 atom stereocenters.